The van der Waals surface area contributed by atoms with E-state index in [1.807, 2.05) is 18.2 Å². The number of nitrogens with two attached hydrogens (primary N) is 1. The van der Waals surface area contributed by atoms with E-state index in [9.17, 15) is 18.0 Å². The molecule has 4 N–H and O–H groups in total. The highest BCUT2D eigenvalue weighted by molar-refractivity contribution is 6.00. The molecule has 1 aliphatic rings. The second-order valence-corrected chi connectivity index (χ2v) is 8.05. The van der Waals surface area contributed by atoms with E-state index in [1.165, 1.54) is 12.1 Å². The fraction of sp³-hybridized carbons (Fsp3) is 0.273. The lowest BCUT2D eigenvalue weighted by Crippen LogP contribution is -2.44. The summed E-state index contributed by atoms with van der Waals surface area (Å²) in [5, 5.41) is -0.242. The summed E-state index contributed by atoms with van der Waals surface area (Å²) < 4.78 is 40.7. The van der Waals surface area contributed by atoms with Crippen LogP contribution in [0.3, 0.4) is 0 Å². The van der Waals surface area contributed by atoms with Crippen LogP contribution >= 0.6 is 0 Å². The second-order valence-electron chi connectivity index (χ2n) is 8.05. The van der Waals surface area contributed by atoms with Crippen molar-refractivity contribution in [2.75, 3.05) is 43.9 Å². The SMILES string of the molecule is CN1CCN(c2ccc3[nH]c(-c4c(N)c5c(C(F)(F)F)cccc5[nH]c4=O)nc3c2)CC1. The van der Waals surface area contributed by atoms with Gasteiger partial charge in [-0.05, 0) is 37.4 Å². The Morgan fingerprint density at radius 1 is 1.03 bits per heavy atom. The molecular weight excluding hydrogens is 421 g/mol. The van der Waals surface area contributed by atoms with E-state index in [4.69, 9.17) is 5.73 Å². The van der Waals surface area contributed by atoms with E-state index in [0.29, 0.717) is 11.0 Å². The number of nitrogens with one attached hydrogen (secondary N) is 2. The molecule has 166 valence electrons. The van der Waals surface area contributed by atoms with Crippen LogP contribution in [0.1, 0.15) is 5.56 Å². The molecule has 1 saturated heterocycles. The highest BCUT2D eigenvalue weighted by Crippen LogP contribution is 2.38. The van der Waals surface area contributed by atoms with Crippen LogP contribution in [0.4, 0.5) is 24.5 Å². The Hall–Kier alpha value is -3.53. The minimum Gasteiger partial charge on any atom is -0.397 e. The average Bonchev–Trinajstić information content (AvgIpc) is 3.15. The van der Waals surface area contributed by atoms with Gasteiger partial charge >= 0.3 is 6.18 Å². The summed E-state index contributed by atoms with van der Waals surface area (Å²) in [6.07, 6.45) is -4.62. The molecule has 7 nitrogen and oxygen atoms in total. The Morgan fingerprint density at radius 3 is 2.50 bits per heavy atom. The summed E-state index contributed by atoms with van der Waals surface area (Å²) in [5.74, 6) is 0.133. The molecule has 10 heteroatoms. The quantitative estimate of drug-likeness (QED) is 0.442. The summed E-state index contributed by atoms with van der Waals surface area (Å²) in [6, 6.07) is 9.31. The standard InChI is InChI=1S/C22H21F3N6O/c1-30-7-9-31(10-8-30)12-5-6-14-16(11-12)28-20(27-14)18-19(26)17-13(22(23,24)25)3-2-4-15(17)29-21(18)32/h2-6,11H,7-10H2,1H3,(H,27,28)(H3,26,29,32). The Kier molecular flexibility index (Phi) is 4.63. The number of anilines is 2. The van der Waals surface area contributed by atoms with Gasteiger partial charge in [0, 0.05) is 37.3 Å². The molecule has 0 amide bonds. The van der Waals surface area contributed by atoms with Gasteiger partial charge in [0.2, 0.25) is 0 Å². The first-order valence-corrected chi connectivity index (χ1v) is 10.2. The lowest BCUT2D eigenvalue weighted by Gasteiger charge is -2.34. The maximum absolute atomic E-state index is 13.6. The predicted molar refractivity (Wildman–Crippen MR) is 119 cm³/mol. The molecule has 1 fully saturated rings. The summed E-state index contributed by atoms with van der Waals surface area (Å²) in [5.41, 5.74) is 6.58. The van der Waals surface area contributed by atoms with Gasteiger partial charge in [0.05, 0.1) is 27.8 Å². The third-order valence-corrected chi connectivity index (χ3v) is 5.96. The molecule has 32 heavy (non-hydrogen) atoms. The van der Waals surface area contributed by atoms with Crippen molar-refractivity contribution in [2.45, 2.75) is 6.18 Å². The van der Waals surface area contributed by atoms with Crippen LogP contribution in [0.15, 0.2) is 41.2 Å². The van der Waals surface area contributed by atoms with E-state index in [0.717, 1.165) is 37.9 Å². The molecule has 3 heterocycles. The monoisotopic (exact) mass is 442 g/mol. The average molecular weight is 442 g/mol. The zero-order valence-corrected chi connectivity index (χ0v) is 17.3. The largest absolute Gasteiger partial charge is 0.417 e. The first-order chi connectivity index (χ1) is 15.2. The number of nitrogen functional groups attached to an aromatic ring is 1. The fourth-order valence-electron chi connectivity index (χ4n) is 4.22. The van der Waals surface area contributed by atoms with Gasteiger partial charge in [-0.15, -0.1) is 0 Å². The number of piperazine rings is 1. The van der Waals surface area contributed by atoms with Gasteiger partial charge in [-0.2, -0.15) is 13.2 Å². The highest BCUT2D eigenvalue weighted by atomic mass is 19.4. The number of H-pyrrole nitrogens is 2. The smallest absolute Gasteiger partial charge is 0.397 e. The maximum atomic E-state index is 13.6. The number of rotatable bonds is 2. The number of fused-ring (bicyclic) bond motifs is 2. The first-order valence-electron chi connectivity index (χ1n) is 10.2. The van der Waals surface area contributed by atoms with Crippen molar-refractivity contribution in [1.29, 1.82) is 0 Å². The Labute approximate surface area is 180 Å². The minimum absolute atomic E-state index is 0.0274. The van der Waals surface area contributed by atoms with E-state index >= 15 is 0 Å². The summed E-state index contributed by atoms with van der Waals surface area (Å²) in [7, 11) is 2.08. The van der Waals surface area contributed by atoms with Crippen molar-refractivity contribution in [2.24, 2.45) is 0 Å². The van der Waals surface area contributed by atoms with Gasteiger partial charge in [0.1, 0.15) is 11.4 Å². The molecule has 2 aromatic heterocycles. The molecule has 4 aromatic rings. The van der Waals surface area contributed by atoms with Crippen LogP contribution in [0.5, 0.6) is 0 Å². The third-order valence-electron chi connectivity index (χ3n) is 5.96. The number of halogens is 3. The van der Waals surface area contributed by atoms with Crippen LogP contribution in [-0.4, -0.2) is 53.1 Å². The number of likely N-dealkylation sites (N-methyl/N-ethyl adjacent to an activating group) is 1. The van der Waals surface area contributed by atoms with E-state index in [-0.39, 0.29) is 28.0 Å². The van der Waals surface area contributed by atoms with Crippen molar-refractivity contribution in [3.8, 4) is 11.4 Å². The van der Waals surface area contributed by atoms with Gasteiger partial charge in [-0.25, -0.2) is 4.98 Å². The second kappa shape index (κ2) is 7.27. The fourth-order valence-corrected chi connectivity index (χ4v) is 4.22. The van der Waals surface area contributed by atoms with Crippen molar-refractivity contribution in [1.82, 2.24) is 19.9 Å². The van der Waals surface area contributed by atoms with Gasteiger partial charge in [-0.1, -0.05) is 6.07 Å². The lowest BCUT2D eigenvalue weighted by atomic mass is 10.0. The highest BCUT2D eigenvalue weighted by Gasteiger charge is 2.34. The molecule has 0 bridgehead atoms. The van der Waals surface area contributed by atoms with Gasteiger partial charge in [0.15, 0.2) is 0 Å². The molecule has 0 unspecified atom stereocenters. The molecular formula is C22H21F3N6O. The van der Waals surface area contributed by atoms with Crippen molar-refractivity contribution in [3.05, 3.63) is 52.3 Å². The number of imidazole rings is 1. The van der Waals surface area contributed by atoms with Crippen LogP contribution < -0.4 is 16.2 Å². The van der Waals surface area contributed by atoms with Crippen molar-refractivity contribution >= 4 is 33.3 Å². The van der Waals surface area contributed by atoms with Crippen molar-refractivity contribution < 1.29 is 13.2 Å². The Bertz CT molecular complexity index is 1380. The van der Waals surface area contributed by atoms with Crippen LogP contribution in [0.2, 0.25) is 0 Å². The number of nitrogens with zero attached hydrogens (tertiary/aromatic N) is 3. The van der Waals surface area contributed by atoms with E-state index in [1.54, 1.807) is 0 Å². The van der Waals surface area contributed by atoms with Gasteiger partial charge < -0.3 is 25.5 Å². The number of hydrogen-bond donors (Lipinski definition) is 3. The molecule has 5 rings (SSSR count). The molecule has 0 radical (unpaired) electrons. The molecule has 0 atom stereocenters. The zero-order chi connectivity index (χ0) is 22.6. The number of pyridine rings is 1. The summed E-state index contributed by atoms with van der Waals surface area (Å²) >= 11 is 0. The summed E-state index contributed by atoms with van der Waals surface area (Å²) in [4.78, 5) is 27.3. The molecule has 0 spiro atoms. The normalized spacial score (nSPS) is 15.7. The number of benzene rings is 2. The molecule has 0 saturated carbocycles. The van der Waals surface area contributed by atoms with E-state index < -0.39 is 17.3 Å². The number of hydrogen-bond acceptors (Lipinski definition) is 5. The maximum Gasteiger partial charge on any atom is 0.417 e. The number of aromatic amines is 2. The van der Waals surface area contributed by atoms with Gasteiger partial charge in [-0.3, -0.25) is 4.79 Å². The lowest BCUT2D eigenvalue weighted by molar-refractivity contribution is -0.136. The number of aromatic nitrogens is 3. The minimum atomic E-state index is -4.62. The molecule has 2 aromatic carbocycles. The predicted octanol–water partition coefficient (Wildman–Crippen LogP) is 3.42. The van der Waals surface area contributed by atoms with Gasteiger partial charge in [0.25, 0.3) is 5.56 Å². The topological polar surface area (TPSA) is 94.0 Å². The van der Waals surface area contributed by atoms with Crippen LogP contribution in [0, 0.1) is 0 Å². The number of alkyl halides is 3. The molecule has 1 aliphatic heterocycles. The zero-order valence-electron chi connectivity index (χ0n) is 17.3. The molecule has 0 aliphatic carbocycles. The van der Waals surface area contributed by atoms with Crippen LogP contribution in [0.25, 0.3) is 33.3 Å². The van der Waals surface area contributed by atoms with Crippen LogP contribution in [-0.2, 0) is 6.18 Å². The Morgan fingerprint density at radius 2 is 1.78 bits per heavy atom. The Balaban J connectivity index is 1.63. The van der Waals surface area contributed by atoms with E-state index in [2.05, 4.69) is 31.8 Å². The first kappa shape index (κ1) is 20.4. The summed E-state index contributed by atoms with van der Waals surface area (Å²) in [6.45, 7) is 3.68. The third kappa shape index (κ3) is 3.36. The van der Waals surface area contributed by atoms with Crippen molar-refractivity contribution in [3.63, 3.8) is 0 Å².